The van der Waals surface area contributed by atoms with Gasteiger partial charge in [-0.3, -0.25) is 0 Å². The monoisotopic (exact) mass is 312 g/mol. The largest absolute Gasteiger partial charge is 0.493 e. The lowest BCUT2D eigenvalue weighted by Gasteiger charge is -2.13. The van der Waals surface area contributed by atoms with Crippen LogP contribution in [-0.4, -0.2) is 18.7 Å². The molecule has 0 bridgehead atoms. The van der Waals surface area contributed by atoms with Gasteiger partial charge in [0.1, 0.15) is 0 Å². The fourth-order valence-corrected chi connectivity index (χ4v) is 2.89. The number of hydrogen-bond donors (Lipinski definition) is 1. The van der Waals surface area contributed by atoms with Gasteiger partial charge in [-0.2, -0.15) is 0 Å². The summed E-state index contributed by atoms with van der Waals surface area (Å²) in [5.74, 6) is 1.17. The fourth-order valence-electron chi connectivity index (χ4n) is 1.84. The van der Waals surface area contributed by atoms with E-state index >= 15 is 0 Å². The van der Waals surface area contributed by atoms with Crippen molar-refractivity contribution in [2.75, 3.05) is 13.7 Å². The van der Waals surface area contributed by atoms with E-state index in [0.29, 0.717) is 29.7 Å². The first-order valence-corrected chi connectivity index (χ1v) is 7.49. The molecule has 0 saturated heterocycles. The smallest absolute Gasteiger partial charge is 0.179 e. The van der Waals surface area contributed by atoms with Gasteiger partial charge in [-0.05, 0) is 24.6 Å². The summed E-state index contributed by atoms with van der Waals surface area (Å²) >= 11 is 7.85. The molecule has 0 aliphatic carbocycles. The van der Waals surface area contributed by atoms with Gasteiger partial charge in [-0.15, -0.1) is 11.3 Å². The third-order valence-electron chi connectivity index (χ3n) is 2.95. The fraction of sp³-hybridized carbons (Fsp3) is 0.357. The second-order valence-corrected chi connectivity index (χ2v) is 5.62. The van der Waals surface area contributed by atoms with Crippen LogP contribution >= 0.6 is 22.9 Å². The van der Waals surface area contributed by atoms with Gasteiger partial charge < -0.3 is 15.2 Å². The van der Waals surface area contributed by atoms with Crippen molar-refractivity contribution < 1.29 is 9.47 Å². The molecule has 0 unspecified atom stereocenters. The van der Waals surface area contributed by atoms with Gasteiger partial charge in [0.15, 0.2) is 11.5 Å². The average Bonchev–Trinajstić information content (AvgIpc) is 2.85. The van der Waals surface area contributed by atoms with E-state index in [0.717, 1.165) is 17.7 Å². The zero-order valence-electron chi connectivity index (χ0n) is 11.5. The third kappa shape index (κ3) is 3.42. The van der Waals surface area contributed by atoms with E-state index < -0.39 is 0 Å². The molecule has 0 saturated carbocycles. The van der Waals surface area contributed by atoms with Crippen LogP contribution in [0.25, 0.3) is 0 Å². The molecule has 2 rings (SSSR count). The SMILES string of the molecule is COc1cc(CN)cc(Cl)c1OCCc1scnc1C. The molecule has 108 valence electrons. The maximum Gasteiger partial charge on any atom is 0.179 e. The Kier molecular flexibility index (Phi) is 5.23. The molecular formula is C14H17ClN2O2S. The minimum Gasteiger partial charge on any atom is -0.493 e. The Labute approximate surface area is 127 Å². The molecule has 20 heavy (non-hydrogen) atoms. The maximum atomic E-state index is 6.21. The van der Waals surface area contributed by atoms with Gasteiger partial charge in [0.2, 0.25) is 0 Å². The lowest BCUT2D eigenvalue weighted by molar-refractivity contribution is 0.298. The van der Waals surface area contributed by atoms with E-state index in [2.05, 4.69) is 4.98 Å². The number of methoxy groups -OCH3 is 1. The van der Waals surface area contributed by atoms with Crippen LogP contribution in [0.1, 0.15) is 16.1 Å². The summed E-state index contributed by atoms with van der Waals surface area (Å²) in [5.41, 5.74) is 9.42. The number of ether oxygens (including phenoxy) is 2. The van der Waals surface area contributed by atoms with Gasteiger partial charge in [-0.25, -0.2) is 4.98 Å². The minimum absolute atomic E-state index is 0.413. The number of thiazole rings is 1. The predicted molar refractivity (Wildman–Crippen MR) is 81.9 cm³/mol. The standard InChI is InChI=1S/C14H17ClN2O2S/c1-9-13(20-8-17-9)3-4-19-14-11(15)5-10(7-16)6-12(14)18-2/h5-6,8H,3-4,7,16H2,1-2H3. The molecule has 2 N–H and O–H groups in total. The van der Waals surface area contributed by atoms with E-state index in [1.54, 1.807) is 24.5 Å². The third-order valence-corrected chi connectivity index (χ3v) is 4.22. The van der Waals surface area contributed by atoms with Crippen LogP contribution in [0.15, 0.2) is 17.6 Å². The van der Waals surface area contributed by atoms with Crippen molar-refractivity contribution in [1.82, 2.24) is 4.98 Å². The van der Waals surface area contributed by atoms with Gasteiger partial charge in [0.05, 0.1) is 29.9 Å². The van der Waals surface area contributed by atoms with Gasteiger partial charge >= 0.3 is 0 Å². The van der Waals surface area contributed by atoms with Crippen molar-refractivity contribution in [1.29, 1.82) is 0 Å². The predicted octanol–water partition coefficient (Wildman–Crippen LogP) is 3.19. The van der Waals surface area contributed by atoms with Crippen LogP contribution in [0, 0.1) is 6.92 Å². The highest BCUT2D eigenvalue weighted by atomic mass is 35.5. The Bertz CT molecular complexity index is 587. The molecule has 0 spiro atoms. The summed E-state index contributed by atoms with van der Waals surface area (Å²) in [6.07, 6.45) is 0.800. The van der Waals surface area contributed by atoms with Gasteiger partial charge in [0, 0.05) is 17.8 Å². The molecule has 0 atom stereocenters. The molecule has 1 aromatic heterocycles. The molecule has 0 fully saturated rings. The first kappa shape index (κ1) is 15.1. The topological polar surface area (TPSA) is 57.4 Å². The second-order valence-electron chi connectivity index (χ2n) is 4.27. The minimum atomic E-state index is 0.413. The first-order chi connectivity index (χ1) is 9.65. The Morgan fingerprint density at radius 2 is 2.20 bits per heavy atom. The van der Waals surface area contributed by atoms with Gasteiger partial charge in [-0.1, -0.05) is 11.6 Å². The van der Waals surface area contributed by atoms with E-state index in [1.807, 2.05) is 18.5 Å². The highest BCUT2D eigenvalue weighted by Crippen LogP contribution is 2.36. The van der Waals surface area contributed by atoms with E-state index in [-0.39, 0.29) is 0 Å². The quantitative estimate of drug-likeness (QED) is 0.890. The van der Waals surface area contributed by atoms with Crippen molar-refractivity contribution in [2.45, 2.75) is 19.9 Å². The summed E-state index contributed by atoms with van der Waals surface area (Å²) in [6, 6.07) is 3.65. The number of aromatic nitrogens is 1. The zero-order chi connectivity index (χ0) is 14.5. The normalized spacial score (nSPS) is 10.6. The van der Waals surface area contributed by atoms with Crippen molar-refractivity contribution in [3.05, 3.63) is 38.8 Å². The highest BCUT2D eigenvalue weighted by Gasteiger charge is 2.12. The zero-order valence-corrected chi connectivity index (χ0v) is 13.1. The Balaban J connectivity index is 2.07. The number of benzene rings is 1. The van der Waals surface area contributed by atoms with Crippen molar-refractivity contribution >= 4 is 22.9 Å². The summed E-state index contributed by atoms with van der Waals surface area (Å²) in [4.78, 5) is 5.44. The molecule has 6 heteroatoms. The van der Waals surface area contributed by atoms with E-state index in [9.17, 15) is 0 Å². The first-order valence-electron chi connectivity index (χ1n) is 6.24. The Morgan fingerprint density at radius 3 is 2.80 bits per heavy atom. The number of hydrogen-bond acceptors (Lipinski definition) is 5. The number of nitrogens with zero attached hydrogens (tertiary/aromatic N) is 1. The second kappa shape index (κ2) is 6.92. The molecule has 0 aliphatic rings. The van der Waals surface area contributed by atoms with Crippen molar-refractivity contribution in [3.8, 4) is 11.5 Å². The molecular weight excluding hydrogens is 296 g/mol. The molecule has 0 aliphatic heterocycles. The van der Waals surface area contributed by atoms with Crippen LogP contribution < -0.4 is 15.2 Å². The van der Waals surface area contributed by atoms with Crippen LogP contribution in [-0.2, 0) is 13.0 Å². The molecule has 0 amide bonds. The molecule has 4 nitrogen and oxygen atoms in total. The summed E-state index contributed by atoms with van der Waals surface area (Å²) in [5, 5.41) is 0.519. The molecule has 2 aromatic rings. The Morgan fingerprint density at radius 1 is 1.40 bits per heavy atom. The molecule has 0 radical (unpaired) electrons. The highest BCUT2D eigenvalue weighted by molar-refractivity contribution is 7.09. The summed E-state index contributed by atoms with van der Waals surface area (Å²) in [6.45, 7) is 2.94. The number of halogens is 1. The van der Waals surface area contributed by atoms with E-state index in [1.165, 1.54) is 4.88 Å². The number of aryl methyl sites for hydroxylation is 1. The maximum absolute atomic E-state index is 6.21. The lowest BCUT2D eigenvalue weighted by atomic mass is 10.2. The summed E-state index contributed by atoms with van der Waals surface area (Å²) < 4.78 is 11.1. The molecule has 1 aromatic carbocycles. The molecule has 1 heterocycles. The van der Waals surface area contributed by atoms with Crippen LogP contribution in [0.2, 0.25) is 5.02 Å². The van der Waals surface area contributed by atoms with Crippen LogP contribution in [0.5, 0.6) is 11.5 Å². The summed E-state index contributed by atoms with van der Waals surface area (Å²) in [7, 11) is 1.59. The van der Waals surface area contributed by atoms with Crippen LogP contribution in [0.4, 0.5) is 0 Å². The van der Waals surface area contributed by atoms with E-state index in [4.69, 9.17) is 26.8 Å². The lowest BCUT2D eigenvalue weighted by Crippen LogP contribution is -2.04. The average molecular weight is 313 g/mol. The number of nitrogens with two attached hydrogens (primary N) is 1. The van der Waals surface area contributed by atoms with Crippen LogP contribution in [0.3, 0.4) is 0 Å². The van der Waals surface area contributed by atoms with Crippen molar-refractivity contribution in [2.24, 2.45) is 5.73 Å². The number of rotatable bonds is 6. The Hall–Kier alpha value is -1.30. The van der Waals surface area contributed by atoms with Crippen molar-refractivity contribution in [3.63, 3.8) is 0 Å². The van der Waals surface area contributed by atoms with Gasteiger partial charge in [0.25, 0.3) is 0 Å².